The van der Waals surface area contributed by atoms with Gasteiger partial charge in [0.05, 0.1) is 0 Å². The van der Waals surface area contributed by atoms with Crippen molar-refractivity contribution in [3.05, 3.63) is 102 Å². The molecule has 2 N–H and O–H groups in total. The van der Waals surface area contributed by atoms with Gasteiger partial charge in [-0.1, -0.05) is 0 Å². The first-order valence-corrected chi connectivity index (χ1v) is 9.10. The first-order valence-electron chi connectivity index (χ1n) is 9.10. The van der Waals surface area contributed by atoms with Crippen molar-refractivity contribution < 1.29 is 13.6 Å². The van der Waals surface area contributed by atoms with E-state index < -0.39 is 0 Å². The predicted octanol–water partition coefficient (Wildman–Crippen LogP) is 5.42. The van der Waals surface area contributed by atoms with Gasteiger partial charge in [0.25, 0.3) is 5.91 Å². The summed E-state index contributed by atoms with van der Waals surface area (Å²) in [5, 5.41) is 5.86. The van der Waals surface area contributed by atoms with Crippen LogP contribution in [0.15, 0.2) is 85.1 Å². The third kappa shape index (κ3) is 4.64. The van der Waals surface area contributed by atoms with Crippen molar-refractivity contribution in [3.63, 3.8) is 0 Å². The number of rotatable bonds is 5. The third-order valence-electron chi connectivity index (χ3n) is 4.28. The van der Waals surface area contributed by atoms with Gasteiger partial charge in [-0.25, -0.2) is 18.7 Å². The maximum atomic E-state index is 13.1. The normalized spacial score (nSPS) is 10.5. The first-order chi connectivity index (χ1) is 14.6. The molecule has 148 valence electrons. The third-order valence-corrected chi connectivity index (χ3v) is 4.28. The van der Waals surface area contributed by atoms with Gasteiger partial charge in [0.15, 0.2) is 5.82 Å². The molecule has 0 aliphatic rings. The number of halogens is 2. The van der Waals surface area contributed by atoms with Crippen LogP contribution in [0, 0.1) is 11.6 Å². The maximum absolute atomic E-state index is 13.1. The van der Waals surface area contributed by atoms with Crippen LogP contribution in [0.2, 0.25) is 0 Å². The van der Waals surface area contributed by atoms with E-state index in [0.717, 1.165) is 5.69 Å². The highest BCUT2D eigenvalue weighted by Crippen LogP contribution is 2.20. The van der Waals surface area contributed by atoms with E-state index in [-0.39, 0.29) is 17.5 Å². The molecule has 4 rings (SSSR count). The molecule has 1 amide bonds. The molecule has 1 aromatic heterocycles. The van der Waals surface area contributed by atoms with E-state index in [9.17, 15) is 13.6 Å². The van der Waals surface area contributed by atoms with Crippen LogP contribution in [0.4, 0.5) is 26.0 Å². The molecule has 0 aliphatic heterocycles. The fourth-order valence-electron chi connectivity index (χ4n) is 2.76. The highest BCUT2D eigenvalue weighted by molar-refractivity contribution is 6.04. The lowest BCUT2D eigenvalue weighted by atomic mass is 10.2. The molecule has 0 spiro atoms. The van der Waals surface area contributed by atoms with Gasteiger partial charge in [-0.05, 0) is 78.9 Å². The minimum absolute atomic E-state index is 0.297. The minimum atomic E-state index is -0.365. The Kier molecular flexibility index (Phi) is 5.43. The van der Waals surface area contributed by atoms with Crippen molar-refractivity contribution in [1.82, 2.24) is 9.97 Å². The van der Waals surface area contributed by atoms with Gasteiger partial charge in [0.2, 0.25) is 0 Å². The molecule has 4 aromatic rings. The molecule has 3 aromatic carbocycles. The van der Waals surface area contributed by atoms with Crippen LogP contribution in [-0.4, -0.2) is 15.9 Å². The van der Waals surface area contributed by atoms with Crippen LogP contribution < -0.4 is 10.6 Å². The Balaban J connectivity index is 1.44. The minimum Gasteiger partial charge on any atom is -0.340 e. The van der Waals surface area contributed by atoms with Gasteiger partial charge < -0.3 is 10.6 Å². The zero-order valence-electron chi connectivity index (χ0n) is 15.6. The molecule has 0 bridgehead atoms. The maximum Gasteiger partial charge on any atom is 0.255 e. The monoisotopic (exact) mass is 402 g/mol. The van der Waals surface area contributed by atoms with Gasteiger partial charge in [-0.2, -0.15) is 0 Å². The van der Waals surface area contributed by atoms with Crippen molar-refractivity contribution in [2.45, 2.75) is 0 Å². The summed E-state index contributed by atoms with van der Waals surface area (Å²) in [6.45, 7) is 0. The van der Waals surface area contributed by atoms with E-state index in [1.807, 2.05) is 0 Å². The Labute approximate surface area is 171 Å². The van der Waals surface area contributed by atoms with Crippen molar-refractivity contribution in [2.24, 2.45) is 0 Å². The molecule has 5 nitrogen and oxygen atoms in total. The second kappa shape index (κ2) is 8.48. The Morgan fingerprint density at radius 3 is 2.00 bits per heavy atom. The number of nitrogens with one attached hydrogen (secondary N) is 2. The largest absolute Gasteiger partial charge is 0.340 e. The van der Waals surface area contributed by atoms with Crippen LogP contribution >= 0.6 is 0 Å². The topological polar surface area (TPSA) is 66.9 Å². The zero-order valence-corrected chi connectivity index (χ0v) is 15.6. The van der Waals surface area contributed by atoms with Crippen molar-refractivity contribution >= 4 is 23.1 Å². The highest BCUT2D eigenvalue weighted by Gasteiger charge is 2.07. The number of benzene rings is 3. The Hall–Kier alpha value is -4.13. The zero-order chi connectivity index (χ0) is 20.9. The quantitative estimate of drug-likeness (QED) is 0.468. The second-order valence-corrected chi connectivity index (χ2v) is 6.44. The standard InChI is InChI=1S/C23H16F2N4O/c24-17-5-1-15(2-6-17)22-26-14-13-21(29-22)27-19-9-3-16(4-10-19)23(30)28-20-11-7-18(25)8-12-20/h1-14H,(H,28,30)(H,26,27,29). The summed E-state index contributed by atoms with van der Waals surface area (Å²) >= 11 is 0. The molecule has 0 fully saturated rings. The van der Waals surface area contributed by atoms with Gasteiger partial charge in [0, 0.05) is 28.7 Å². The molecular formula is C23H16F2N4O. The summed E-state index contributed by atoms with van der Waals surface area (Å²) < 4.78 is 26.1. The van der Waals surface area contributed by atoms with Crippen LogP contribution in [0.1, 0.15) is 10.4 Å². The lowest BCUT2D eigenvalue weighted by Gasteiger charge is -2.09. The highest BCUT2D eigenvalue weighted by atomic mass is 19.1. The number of hydrogen-bond donors (Lipinski definition) is 2. The Morgan fingerprint density at radius 2 is 1.33 bits per heavy atom. The van der Waals surface area contributed by atoms with E-state index in [4.69, 9.17) is 0 Å². The molecule has 0 saturated heterocycles. The van der Waals surface area contributed by atoms with Gasteiger partial charge in [-0.3, -0.25) is 4.79 Å². The number of carbonyl (C=O) groups excluding carboxylic acids is 1. The molecular weight excluding hydrogens is 386 g/mol. The number of amides is 1. The van der Waals surface area contributed by atoms with Gasteiger partial charge in [0.1, 0.15) is 17.5 Å². The molecule has 7 heteroatoms. The molecule has 0 unspecified atom stereocenters. The summed E-state index contributed by atoms with van der Waals surface area (Å²) in [6, 6.07) is 20.0. The average Bonchev–Trinajstić information content (AvgIpc) is 2.76. The smallest absolute Gasteiger partial charge is 0.255 e. The van der Waals surface area contributed by atoms with E-state index in [1.165, 1.54) is 36.4 Å². The summed E-state index contributed by atoms with van der Waals surface area (Å²) in [7, 11) is 0. The van der Waals surface area contributed by atoms with Crippen LogP contribution in [0.3, 0.4) is 0 Å². The van der Waals surface area contributed by atoms with Gasteiger partial charge in [-0.15, -0.1) is 0 Å². The lowest BCUT2D eigenvalue weighted by molar-refractivity contribution is 0.102. The summed E-state index contributed by atoms with van der Waals surface area (Å²) in [6.07, 6.45) is 1.61. The van der Waals surface area contributed by atoms with E-state index in [0.29, 0.717) is 28.5 Å². The van der Waals surface area contributed by atoms with Crippen molar-refractivity contribution in [3.8, 4) is 11.4 Å². The summed E-state index contributed by atoms with van der Waals surface area (Å²) in [4.78, 5) is 21.0. The average molecular weight is 402 g/mol. The van der Waals surface area contributed by atoms with Gasteiger partial charge >= 0.3 is 0 Å². The molecule has 1 heterocycles. The summed E-state index contributed by atoms with van der Waals surface area (Å²) in [5.74, 6) is 0.0456. The second-order valence-electron chi connectivity index (χ2n) is 6.44. The number of anilines is 3. The van der Waals surface area contributed by atoms with Crippen LogP contribution in [-0.2, 0) is 0 Å². The first kappa shape index (κ1) is 19.2. The molecule has 30 heavy (non-hydrogen) atoms. The predicted molar refractivity (Wildman–Crippen MR) is 112 cm³/mol. The van der Waals surface area contributed by atoms with E-state index >= 15 is 0 Å². The number of nitrogens with zero attached hydrogens (tertiary/aromatic N) is 2. The van der Waals surface area contributed by atoms with E-state index in [2.05, 4.69) is 20.6 Å². The Morgan fingerprint density at radius 1 is 0.733 bits per heavy atom. The molecule has 0 radical (unpaired) electrons. The van der Waals surface area contributed by atoms with E-state index in [1.54, 1.807) is 48.7 Å². The number of carbonyl (C=O) groups is 1. The summed E-state index contributed by atoms with van der Waals surface area (Å²) in [5.41, 5.74) is 2.41. The fraction of sp³-hybridized carbons (Fsp3) is 0. The molecule has 0 saturated carbocycles. The number of hydrogen-bond acceptors (Lipinski definition) is 4. The lowest BCUT2D eigenvalue weighted by Crippen LogP contribution is -2.11. The van der Waals surface area contributed by atoms with Crippen LogP contribution in [0.25, 0.3) is 11.4 Å². The van der Waals surface area contributed by atoms with Crippen LogP contribution in [0.5, 0.6) is 0 Å². The fourth-order valence-corrected chi connectivity index (χ4v) is 2.76. The number of aromatic nitrogens is 2. The van der Waals surface area contributed by atoms with Crippen molar-refractivity contribution in [2.75, 3.05) is 10.6 Å². The van der Waals surface area contributed by atoms with Crippen molar-refractivity contribution in [1.29, 1.82) is 0 Å². The molecule has 0 aliphatic carbocycles. The molecule has 0 atom stereocenters. The SMILES string of the molecule is O=C(Nc1ccc(F)cc1)c1ccc(Nc2ccnc(-c3ccc(F)cc3)n2)cc1. The Bertz CT molecular complexity index is 1160.